The molecule has 0 aromatic heterocycles. The average Bonchev–Trinajstić information content (AvgIpc) is 2.71. The van der Waals surface area contributed by atoms with Crippen LogP contribution in [0.25, 0.3) is 0 Å². The molecule has 6 heteroatoms. The molecule has 1 nitrogen and oxygen atoms in total. The Morgan fingerprint density at radius 2 is 1.48 bits per heavy atom. The third kappa shape index (κ3) is 7.63. The fraction of sp³-hybridized carbons (Fsp3) is 0.391. The first-order valence-electron chi connectivity index (χ1n) is 9.70. The molecule has 0 amide bonds. The standard InChI is InChI=1S/C23H32OP2.2ClH.Pt/c1-5-25(6-2,22-15-11-9-12-16-22)19-21(24)20-26(7-3,8-4)23-17-13-10-14-18-23;;;/h9-17,20H,5-8,19H2,1-4H3;2*1H;/q;;;+2/p-2. The zero-order valence-corrected chi connectivity index (χ0v) is 23.3. The minimum Gasteiger partial charge on any atom is -1.00 e. The maximum absolute atomic E-state index is 13.2. The summed E-state index contributed by atoms with van der Waals surface area (Å²) in [6, 6.07) is 22.4. The smallest absolute Gasteiger partial charge is 1.00 e. The van der Waals surface area contributed by atoms with E-state index in [2.05, 4.69) is 82.0 Å². The summed E-state index contributed by atoms with van der Waals surface area (Å²) in [6.07, 6.45) is 4.96. The van der Waals surface area contributed by atoms with E-state index in [1.807, 2.05) is 12.1 Å². The van der Waals surface area contributed by atoms with Crippen LogP contribution >= 0.6 is 14.1 Å². The Hall–Kier alpha value is 0.108. The first-order chi connectivity index (χ1) is 12.6. The van der Waals surface area contributed by atoms with Crippen molar-refractivity contribution in [3.8, 4) is 0 Å². The molecular weight excluding hydrogens is 620 g/mol. The summed E-state index contributed by atoms with van der Waals surface area (Å²) in [4.78, 5) is 13.2. The fourth-order valence-electron chi connectivity index (χ4n) is 3.74. The summed E-state index contributed by atoms with van der Waals surface area (Å²) in [7, 11) is -1.44. The van der Waals surface area contributed by atoms with Crippen LogP contribution in [-0.4, -0.2) is 42.4 Å². The second-order valence-electron chi connectivity index (χ2n) is 6.78. The van der Waals surface area contributed by atoms with Crippen molar-refractivity contribution in [3.63, 3.8) is 0 Å². The van der Waals surface area contributed by atoms with Crippen LogP contribution in [-0.2, 0) is 25.9 Å². The van der Waals surface area contributed by atoms with E-state index < -0.39 is 14.1 Å². The Labute approximate surface area is 205 Å². The number of carbonyl (C=O) groups is 1. The van der Waals surface area contributed by atoms with Crippen molar-refractivity contribution in [2.45, 2.75) is 27.7 Å². The summed E-state index contributed by atoms with van der Waals surface area (Å²) in [5, 5.41) is 2.64. The van der Waals surface area contributed by atoms with Crippen LogP contribution < -0.4 is 35.4 Å². The van der Waals surface area contributed by atoms with Gasteiger partial charge in [0.1, 0.15) is 6.16 Å². The summed E-state index contributed by atoms with van der Waals surface area (Å²) in [5.74, 6) is 2.47. The molecule has 0 saturated carbocycles. The van der Waals surface area contributed by atoms with Gasteiger partial charge in [0, 0.05) is 0 Å². The number of halogens is 2. The molecule has 0 aliphatic heterocycles. The number of hydrogen-bond acceptors (Lipinski definition) is 1. The molecule has 0 radical (unpaired) electrons. The second-order valence-corrected chi connectivity index (χ2v) is 15.2. The molecule has 0 aliphatic carbocycles. The monoisotopic (exact) mass is 651 g/mol. The number of rotatable bonds is 9. The van der Waals surface area contributed by atoms with E-state index in [-0.39, 0.29) is 45.9 Å². The first-order valence-corrected chi connectivity index (χ1v) is 14.3. The molecule has 0 N–H and O–H groups in total. The van der Waals surface area contributed by atoms with Gasteiger partial charge in [-0.3, -0.25) is 4.79 Å². The van der Waals surface area contributed by atoms with Crippen LogP contribution in [0.3, 0.4) is 0 Å². The van der Waals surface area contributed by atoms with Crippen molar-refractivity contribution < 1.29 is 50.7 Å². The average molecular weight is 652 g/mol. The second kappa shape index (κ2) is 15.0. The van der Waals surface area contributed by atoms with Crippen LogP contribution in [0, 0.1) is 6.07 Å². The molecule has 0 fully saturated rings. The molecule has 29 heavy (non-hydrogen) atoms. The number of Topliss-reactive ketones (excluding diaryl/α,β-unsaturated/α-hetero) is 1. The summed E-state index contributed by atoms with van der Waals surface area (Å²) in [5.41, 5.74) is 0. The summed E-state index contributed by atoms with van der Waals surface area (Å²) in [6.45, 7) is 7.38. The maximum Gasteiger partial charge on any atom is 2.00 e. The molecule has 2 aromatic carbocycles. The zero-order valence-electron chi connectivity index (χ0n) is 17.7. The van der Waals surface area contributed by atoms with Gasteiger partial charge >= 0.3 is 21.1 Å². The van der Waals surface area contributed by atoms with Gasteiger partial charge in [0.2, 0.25) is 0 Å². The Morgan fingerprint density at radius 1 is 0.931 bits per heavy atom. The van der Waals surface area contributed by atoms with Gasteiger partial charge in [0.15, 0.2) is 5.78 Å². The summed E-state index contributed by atoms with van der Waals surface area (Å²) < 4.78 is 0. The van der Waals surface area contributed by atoms with Crippen molar-refractivity contribution in [1.29, 1.82) is 0 Å². The number of benzene rings is 2. The molecule has 164 valence electrons. The van der Waals surface area contributed by atoms with Crippen LogP contribution in [0.4, 0.5) is 0 Å². The molecule has 2 aromatic rings. The number of carbonyl (C=O) groups excluding carboxylic acids is 1. The van der Waals surface area contributed by atoms with Gasteiger partial charge in [0.25, 0.3) is 0 Å². The Morgan fingerprint density at radius 3 is 1.93 bits per heavy atom. The Bertz CT molecular complexity index is 755. The van der Waals surface area contributed by atoms with E-state index in [1.54, 1.807) is 0 Å². The van der Waals surface area contributed by atoms with Crippen LogP contribution in [0.1, 0.15) is 27.7 Å². The molecule has 2 rings (SSSR count). The van der Waals surface area contributed by atoms with Crippen molar-refractivity contribution in [3.05, 3.63) is 60.7 Å². The molecular formula is C23H32Cl2OP2Pt. The topological polar surface area (TPSA) is 17.1 Å². The van der Waals surface area contributed by atoms with Crippen molar-refractivity contribution in [2.75, 3.05) is 30.8 Å². The van der Waals surface area contributed by atoms with E-state index >= 15 is 0 Å². The van der Waals surface area contributed by atoms with Gasteiger partial charge in [-0.15, -0.1) is 5.30 Å². The van der Waals surface area contributed by atoms with Crippen LogP contribution in [0.5, 0.6) is 0 Å². The molecule has 0 spiro atoms. The number of ketones is 1. The molecule has 0 atom stereocenters. The fourth-order valence-corrected chi connectivity index (χ4v) is 10.2. The molecule has 0 unspecified atom stereocenters. The van der Waals surface area contributed by atoms with E-state index in [1.165, 1.54) is 10.6 Å². The quantitative estimate of drug-likeness (QED) is 0.250. The first kappa shape index (κ1) is 31.3. The SMILES string of the molecule is CCP(=CC(=O)C[P+](CC)(CC)c1ccccc1)(CC)c1[c-]cccc1.[Cl-].[Cl-].[Pt+2]. The minimum atomic E-state index is -1.58. The van der Waals surface area contributed by atoms with Gasteiger partial charge in [-0.05, 0) is 44.1 Å². The van der Waals surface area contributed by atoms with E-state index in [0.29, 0.717) is 11.9 Å². The largest absolute Gasteiger partial charge is 2.00 e. The van der Waals surface area contributed by atoms with Gasteiger partial charge < -0.3 is 24.8 Å². The molecule has 0 heterocycles. The predicted molar refractivity (Wildman–Crippen MR) is 123 cm³/mol. The van der Waals surface area contributed by atoms with E-state index in [0.717, 1.165) is 24.6 Å². The Kier molecular flexibility index (Phi) is 16.2. The predicted octanol–water partition coefficient (Wildman–Crippen LogP) is -1.07. The van der Waals surface area contributed by atoms with Crippen LogP contribution in [0.15, 0.2) is 54.6 Å². The minimum absolute atomic E-state index is 0. The maximum atomic E-state index is 13.2. The van der Waals surface area contributed by atoms with Crippen molar-refractivity contribution in [1.82, 2.24) is 0 Å². The summed E-state index contributed by atoms with van der Waals surface area (Å²) >= 11 is 0. The van der Waals surface area contributed by atoms with Crippen LogP contribution in [0.2, 0.25) is 0 Å². The number of hydrogen-bond donors (Lipinski definition) is 0. The van der Waals surface area contributed by atoms with Gasteiger partial charge in [-0.1, -0.05) is 38.9 Å². The molecule has 0 bridgehead atoms. The van der Waals surface area contributed by atoms with Gasteiger partial charge in [0.05, 0.1) is 24.9 Å². The van der Waals surface area contributed by atoms with E-state index in [9.17, 15) is 4.79 Å². The molecule has 0 saturated heterocycles. The van der Waals surface area contributed by atoms with Crippen molar-refractivity contribution >= 4 is 36.3 Å². The Balaban J connectivity index is 0. The van der Waals surface area contributed by atoms with Crippen molar-refractivity contribution in [2.24, 2.45) is 0 Å². The van der Waals surface area contributed by atoms with E-state index in [4.69, 9.17) is 0 Å². The van der Waals surface area contributed by atoms with Gasteiger partial charge in [-0.2, -0.15) is 30.3 Å². The normalized spacial score (nSPS) is 10.8. The molecule has 0 aliphatic rings. The zero-order chi connectivity index (χ0) is 19.0. The third-order valence-corrected chi connectivity index (χ3v) is 14.7. The third-order valence-electron chi connectivity index (χ3n) is 5.67. The van der Waals surface area contributed by atoms with Gasteiger partial charge in [-0.25, -0.2) is 0 Å².